The van der Waals surface area contributed by atoms with Gasteiger partial charge < -0.3 is 5.32 Å². The molecule has 1 amide bonds. The Morgan fingerprint density at radius 2 is 1.90 bits per heavy atom. The molecule has 1 heterocycles. The Labute approximate surface area is 176 Å². The molecule has 1 N–H and O–H groups in total. The van der Waals surface area contributed by atoms with Crippen molar-refractivity contribution in [1.82, 2.24) is 20.3 Å². The number of hydrogen-bond donors (Lipinski definition) is 1. The van der Waals surface area contributed by atoms with Crippen molar-refractivity contribution >= 4 is 15.7 Å². The van der Waals surface area contributed by atoms with Gasteiger partial charge in [-0.3, -0.25) is 4.79 Å². The van der Waals surface area contributed by atoms with Crippen molar-refractivity contribution in [2.45, 2.75) is 61.4 Å². The number of rotatable bonds is 6. The van der Waals surface area contributed by atoms with Gasteiger partial charge in [0.05, 0.1) is 23.2 Å². The van der Waals surface area contributed by atoms with Crippen LogP contribution < -0.4 is 5.32 Å². The summed E-state index contributed by atoms with van der Waals surface area (Å²) < 4.78 is 24.9. The third-order valence-corrected chi connectivity index (χ3v) is 7.28. The highest BCUT2D eigenvalue weighted by atomic mass is 32.2. The van der Waals surface area contributed by atoms with E-state index in [-0.39, 0.29) is 22.8 Å². The van der Waals surface area contributed by atoms with Gasteiger partial charge in [0.15, 0.2) is 15.4 Å². The van der Waals surface area contributed by atoms with Crippen LogP contribution in [0.15, 0.2) is 35.4 Å². The highest BCUT2D eigenvalue weighted by Gasteiger charge is 2.47. The smallest absolute Gasteiger partial charge is 0.251 e. The van der Waals surface area contributed by atoms with E-state index in [4.69, 9.17) is 0 Å². The van der Waals surface area contributed by atoms with Crippen molar-refractivity contribution in [3.8, 4) is 6.07 Å². The maximum atomic E-state index is 12.9. The van der Waals surface area contributed by atoms with E-state index in [1.807, 2.05) is 0 Å². The lowest BCUT2D eigenvalue weighted by atomic mass is 9.82. The van der Waals surface area contributed by atoms with Gasteiger partial charge in [0.2, 0.25) is 0 Å². The summed E-state index contributed by atoms with van der Waals surface area (Å²) in [7, 11) is -3.32. The van der Waals surface area contributed by atoms with E-state index in [1.54, 1.807) is 10.9 Å². The summed E-state index contributed by atoms with van der Waals surface area (Å²) in [6.45, 7) is 0. The van der Waals surface area contributed by atoms with Crippen LogP contribution in [-0.4, -0.2) is 35.6 Å². The van der Waals surface area contributed by atoms with Crippen LogP contribution in [0.5, 0.6) is 0 Å². The van der Waals surface area contributed by atoms with Crippen molar-refractivity contribution in [2.24, 2.45) is 5.92 Å². The Morgan fingerprint density at radius 1 is 1.23 bits per heavy atom. The van der Waals surface area contributed by atoms with Crippen molar-refractivity contribution in [3.05, 3.63) is 41.7 Å². The van der Waals surface area contributed by atoms with Crippen molar-refractivity contribution in [3.63, 3.8) is 0 Å². The molecule has 1 atom stereocenters. The summed E-state index contributed by atoms with van der Waals surface area (Å²) >= 11 is 0. The molecular formula is C21H25N5O3S. The van der Waals surface area contributed by atoms with E-state index in [9.17, 15) is 18.5 Å². The Morgan fingerprint density at radius 3 is 2.47 bits per heavy atom. The highest BCUT2D eigenvalue weighted by Crippen LogP contribution is 2.43. The molecule has 0 spiro atoms. The van der Waals surface area contributed by atoms with Gasteiger partial charge in [-0.2, -0.15) is 5.26 Å². The summed E-state index contributed by atoms with van der Waals surface area (Å²) in [5.41, 5.74) is 0.476. The fourth-order valence-electron chi connectivity index (χ4n) is 4.12. The monoisotopic (exact) mass is 427 g/mol. The topological polar surface area (TPSA) is 118 Å². The number of carbonyl (C=O) groups excluding carboxylic acids is 1. The van der Waals surface area contributed by atoms with Crippen LogP contribution in [0.2, 0.25) is 0 Å². The Kier molecular flexibility index (Phi) is 5.36. The third-order valence-electron chi connectivity index (χ3n) is 6.15. The first-order chi connectivity index (χ1) is 14.3. The molecule has 2 aromatic rings. The average Bonchev–Trinajstić information content (AvgIpc) is 3.40. The molecule has 1 aromatic heterocycles. The molecule has 2 aliphatic rings. The van der Waals surface area contributed by atoms with E-state index >= 15 is 0 Å². The quantitative estimate of drug-likeness (QED) is 0.757. The average molecular weight is 428 g/mol. The van der Waals surface area contributed by atoms with Gasteiger partial charge in [-0.1, -0.05) is 24.5 Å². The molecule has 1 aromatic carbocycles. The lowest BCUT2D eigenvalue weighted by Gasteiger charge is -2.29. The normalized spacial score (nSPS) is 19.6. The molecule has 30 heavy (non-hydrogen) atoms. The van der Waals surface area contributed by atoms with Crippen molar-refractivity contribution in [1.29, 1.82) is 5.26 Å². The van der Waals surface area contributed by atoms with Gasteiger partial charge in [0.1, 0.15) is 5.69 Å². The SMILES string of the molecule is CS(=O)(=O)c1ccc(C(=O)NC(c2cn(C3(C#N)CC3)nn2)C2CCCCC2)cc1. The van der Waals surface area contributed by atoms with Gasteiger partial charge in [-0.25, -0.2) is 13.1 Å². The summed E-state index contributed by atoms with van der Waals surface area (Å²) in [5.74, 6) is -0.0259. The number of nitrogens with one attached hydrogen (secondary N) is 1. The summed E-state index contributed by atoms with van der Waals surface area (Å²) in [5, 5.41) is 21.0. The lowest BCUT2D eigenvalue weighted by molar-refractivity contribution is 0.0910. The minimum Gasteiger partial charge on any atom is -0.343 e. The number of aromatic nitrogens is 3. The maximum Gasteiger partial charge on any atom is 0.251 e. The molecule has 158 valence electrons. The van der Waals surface area contributed by atoms with Gasteiger partial charge in [-0.15, -0.1) is 5.10 Å². The molecular weight excluding hydrogens is 402 g/mol. The third kappa shape index (κ3) is 4.10. The zero-order chi connectivity index (χ0) is 21.4. The summed E-state index contributed by atoms with van der Waals surface area (Å²) in [6.07, 6.45) is 9.85. The Balaban J connectivity index is 1.57. The van der Waals surface area contributed by atoms with E-state index in [2.05, 4.69) is 21.7 Å². The van der Waals surface area contributed by atoms with Crippen LogP contribution in [0.1, 0.15) is 67.0 Å². The predicted molar refractivity (Wildman–Crippen MR) is 109 cm³/mol. The largest absolute Gasteiger partial charge is 0.343 e. The number of amides is 1. The number of hydrogen-bond acceptors (Lipinski definition) is 6. The van der Waals surface area contributed by atoms with Crippen LogP contribution >= 0.6 is 0 Å². The first kappa shape index (κ1) is 20.5. The summed E-state index contributed by atoms with van der Waals surface area (Å²) in [4.78, 5) is 13.1. The number of nitrogens with zero attached hydrogens (tertiary/aromatic N) is 4. The zero-order valence-electron chi connectivity index (χ0n) is 16.9. The van der Waals surface area contributed by atoms with E-state index in [1.165, 1.54) is 30.7 Å². The second-order valence-electron chi connectivity index (χ2n) is 8.38. The maximum absolute atomic E-state index is 12.9. The van der Waals surface area contributed by atoms with Crippen molar-refractivity contribution in [2.75, 3.05) is 6.26 Å². The zero-order valence-corrected chi connectivity index (χ0v) is 17.7. The van der Waals surface area contributed by atoms with Crippen LogP contribution in [-0.2, 0) is 15.4 Å². The molecule has 0 radical (unpaired) electrons. The van der Waals surface area contributed by atoms with Gasteiger partial charge in [-0.05, 0) is 55.9 Å². The van der Waals surface area contributed by atoms with E-state index in [0.717, 1.165) is 44.8 Å². The second-order valence-corrected chi connectivity index (χ2v) is 10.4. The van der Waals surface area contributed by atoms with Crippen LogP contribution in [0, 0.1) is 17.2 Å². The molecule has 0 bridgehead atoms. The minimum absolute atomic E-state index is 0.178. The summed E-state index contributed by atoms with van der Waals surface area (Å²) in [6, 6.07) is 7.95. The molecule has 9 heteroatoms. The first-order valence-corrected chi connectivity index (χ1v) is 12.2. The van der Waals surface area contributed by atoms with Gasteiger partial charge in [0, 0.05) is 11.8 Å². The molecule has 2 fully saturated rings. The van der Waals surface area contributed by atoms with Crippen molar-refractivity contribution < 1.29 is 13.2 Å². The Hall–Kier alpha value is -2.73. The fourth-order valence-corrected chi connectivity index (χ4v) is 4.75. The minimum atomic E-state index is -3.32. The number of carbonyl (C=O) groups is 1. The van der Waals surface area contributed by atoms with Crippen LogP contribution in [0.25, 0.3) is 0 Å². The van der Waals surface area contributed by atoms with Gasteiger partial charge >= 0.3 is 0 Å². The Bertz CT molecular complexity index is 1070. The number of benzene rings is 1. The molecule has 0 saturated heterocycles. The molecule has 2 aliphatic carbocycles. The first-order valence-electron chi connectivity index (χ1n) is 10.3. The standard InChI is InChI=1S/C21H25N5O3S/c1-30(28,29)17-9-7-16(8-10-17)20(27)23-19(15-5-3-2-4-6-15)18-13-26(25-24-18)21(14-22)11-12-21/h7-10,13,15,19H,2-6,11-12H2,1H3,(H,23,27). The van der Waals surface area contributed by atoms with Gasteiger partial charge in [0.25, 0.3) is 5.91 Å². The fraction of sp³-hybridized carbons (Fsp3) is 0.524. The van der Waals surface area contributed by atoms with Crippen LogP contribution in [0.3, 0.4) is 0 Å². The molecule has 4 rings (SSSR count). The second kappa shape index (κ2) is 7.84. The predicted octanol–water partition coefficient (Wildman–Crippen LogP) is 2.75. The number of sulfone groups is 1. The molecule has 8 nitrogen and oxygen atoms in total. The molecule has 2 saturated carbocycles. The lowest BCUT2D eigenvalue weighted by Crippen LogP contribution is -2.34. The van der Waals surface area contributed by atoms with E-state index < -0.39 is 15.4 Å². The van der Waals surface area contributed by atoms with E-state index in [0.29, 0.717) is 11.3 Å². The molecule has 1 unspecified atom stereocenters. The van der Waals surface area contributed by atoms with Crippen LogP contribution in [0.4, 0.5) is 0 Å². The number of nitriles is 1. The molecule has 0 aliphatic heterocycles. The highest BCUT2D eigenvalue weighted by molar-refractivity contribution is 7.90.